The van der Waals surface area contributed by atoms with Gasteiger partial charge < -0.3 is 0 Å². The molecule has 132 valence electrons. The number of Topliss-reactive ketones (excluding diaryl/α,β-unsaturated/α-hetero) is 1. The second-order valence-electron chi connectivity index (χ2n) is 7.92. The van der Waals surface area contributed by atoms with Crippen LogP contribution in [0.5, 0.6) is 0 Å². The minimum atomic E-state index is -0.369. The van der Waals surface area contributed by atoms with Gasteiger partial charge in [-0.3, -0.25) is 9.48 Å². The summed E-state index contributed by atoms with van der Waals surface area (Å²) in [5.41, 5.74) is 5.75. The Bertz CT molecular complexity index is 991. The van der Waals surface area contributed by atoms with Crippen molar-refractivity contribution in [3.05, 3.63) is 52.7 Å². The summed E-state index contributed by atoms with van der Waals surface area (Å²) < 4.78 is 1.97. The van der Waals surface area contributed by atoms with Crippen molar-refractivity contribution in [2.45, 2.75) is 39.0 Å². The maximum absolute atomic E-state index is 12.5. The molecule has 4 nitrogen and oxygen atoms in total. The number of aromatic nitrogens is 2. The first-order valence-corrected chi connectivity index (χ1v) is 9.17. The number of allylic oxidation sites excluding steroid dienone is 2. The molecule has 0 radical (unpaired) electrons. The molecule has 0 amide bonds. The average molecular weight is 345 g/mol. The van der Waals surface area contributed by atoms with Crippen LogP contribution in [0.3, 0.4) is 0 Å². The molecular weight excluding hydrogens is 322 g/mol. The Hall–Kier alpha value is -2.67. The summed E-state index contributed by atoms with van der Waals surface area (Å²) in [4.78, 5) is 12.5. The van der Waals surface area contributed by atoms with Crippen LogP contribution in [-0.4, -0.2) is 15.6 Å². The Morgan fingerprint density at radius 1 is 1.38 bits per heavy atom. The molecule has 0 saturated carbocycles. The largest absolute Gasteiger partial charge is 0.293 e. The Morgan fingerprint density at radius 3 is 2.85 bits per heavy atom. The van der Waals surface area contributed by atoms with E-state index in [1.807, 2.05) is 24.7 Å². The molecule has 2 aliphatic carbocycles. The highest BCUT2D eigenvalue weighted by molar-refractivity contribution is 6.02. The average Bonchev–Trinajstić information content (AvgIpc) is 2.95. The Balaban J connectivity index is 1.94. The number of benzene rings is 1. The summed E-state index contributed by atoms with van der Waals surface area (Å²) in [6.45, 7) is 6.20. The van der Waals surface area contributed by atoms with E-state index in [0.717, 1.165) is 24.2 Å². The molecule has 1 aromatic heterocycles. The van der Waals surface area contributed by atoms with E-state index < -0.39 is 0 Å². The first-order chi connectivity index (χ1) is 12.4. The molecule has 2 aliphatic rings. The van der Waals surface area contributed by atoms with E-state index in [0.29, 0.717) is 0 Å². The summed E-state index contributed by atoms with van der Waals surface area (Å²) in [6, 6.07) is 10.6. The summed E-state index contributed by atoms with van der Waals surface area (Å²) in [5.74, 6) is 0.0327. The highest BCUT2D eigenvalue weighted by atomic mass is 16.1. The molecule has 0 N–H and O–H groups in total. The van der Waals surface area contributed by atoms with Crippen molar-refractivity contribution in [2.24, 2.45) is 18.9 Å². The van der Waals surface area contributed by atoms with Crippen LogP contribution < -0.4 is 0 Å². The minimum absolute atomic E-state index is 0.0201. The number of carbonyl (C=O) groups is 1. The number of ketones is 1. The molecule has 4 heteroatoms. The zero-order chi connectivity index (χ0) is 18.6. The standard InChI is InChI=1S/C22H23N3O/c1-13-6-5-7-15(10-13)19-17-8-9-18-14(2)20(26)16(12-23)11-22(18,3)21(17)24-25(19)4/h5-7,10-11,14,18H,8-9H2,1-4H3. The van der Waals surface area contributed by atoms with Gasteiger partial charge in [-0.1, -0.05) is 43.7 Å². The zero-order valence-corrected chi connectivity index (χ0v) is 15.7. The summed E-state index contributed by atoms with van der Waals surface area (Å²) in [6.07, 6.45) is 3.74. The van der Waals surface area contributed by atoms with E-state index in [-0.39, 0.29) is 28.6 Å². The molecule has 0 bridgehead atoms. The lowest BCUT2D eigenvalue weighted by atomic mass is 9.58. The lowest BCUT2D eigenvalue weighted by Crippen LogP contribution is -2.45. The number of hydrogen-bond donors (Lipinski definition) is 0. The predicted molar refractivity (Wildman–Crippen MR) is 100 cm³/mol. The van der Waals surface area contributed by atoms with Gasteiger partial charge in [0.1, 0.15) is 6.07 Å². The SMILES string of the molecule is Cc1cccc(-c2c3c(nn2C)C2(C)C=C(C#N)C(=O)C(C)C2CC3)c1. The van der Waals surface area contributed by atoms with Crippen LogP contribution in [0.25, 0.3) is 11.3 Å². The van der Waals surface area contributed by atoms with E-state index in [9.17, 15) is 10.1 Å². The van der Waals surface area contributed by atoms with E-state index in [1.165, 1.54) is 16.7 Å². The number of nitrogens with zero attached hydrogens (tertiary/aromatic N) is 3. The quantitative estimate of drug-likeness (QED) is 0.788. The van der Waals surface area contributed by atoms with Gasteiger partial charge in [0, 0.05) is 29.5 Å². The van der Waals surface area contributed by atoms with Crippen LogP contribution in [0, 0.1) is 30.1 Å². The maximum Gasteiger partial charge on any atom is 0.176 e. The van der Waals surface area contributed by atoms with Crippen molar-refractivity contribution in [3.8, 4) is 17.3 Å². The van der Waals surface area contributed by atoms with Crippen molar-refractivity contribution >= 4 is 5.78 Å². The van der Waals surface area contributed by atoms with Crippen LogP contribution in [0.4, 0.5) is 0 Å². The van der Waals surface area contributed by atoms with Gasteiger partial charge in [-0.25, -0.2) is 0 Å². The summed E-state index contributed by atoms with van der Waals surface area (Å²) >= 11 is 0. The van der Waals surface area contributed by atoms with Gasteiger partial charge in [-0.2, -0.15) is 10.4 Å². The van der Waals surface area contributed by atoms with E-state index >= 15 is 0 Å². The molecule has 2 aromatic rings. The second kappa shape index (κ2) is 5.67. The van der Waals surface area contributed by atoms with Gasteiger partial charge in [-0.15, -0.1) is 0 Å². The predicted octanol–water partition coefficient (Wildman–Crippen LogP) is 3.88. The Kier molecular flexibility index (Phi) is 3.66. The summed E-state index contributed by atoms with van der Waals surface area (Å²) in [5, 5.41) is 14.3. The van der Waals surface area contributed by atoms with Crippen LogP contribution in [0.2, 0.25) is 0 Å². The van der Waals surface area contributed by atoms with E-state index in [2.05, 4.69) is 44.2 Å². The first kappa shape index (κ1) is 16.8. The van der Waals surface area contributed by atoms with Crippen LogP contribution in [0.15, 0.2) is 35.9 Å². The zero-order valence-electron chi connectivity index (χ0n) is 15.7. The highest BCUT2D eigenvalue weighted by Gasteiger charge is 2.50. The molecule has 1 aromatic carbocycles. The van der Waals surface area contributed by atoms with E-state index in [1.54, 1.807) is 0 Å². The van der Waals surface area contributed by atoms with Crippen LogP contribution in [0.1, 0.15) is 37.1 Å². The van der Waals surface area contributed by atoms with Crippen molar-refractivity contribution in [3.63, 3.8) is 0 Å². The fourth-order valence-electron chi connectivity index (χ4n) is 5.00. The van der Waals surface area contributed by atoms with Crippen LogP contribution in [-0.2, 0) is 23.7 Å². The molecule has 0 spiro atoms. The fraction of sp³-hybridized carbons (Fsp3) is 0.409. The number of fused-ring (bicyclic) bond motifs is 3. The minimum Gasteiger partial charge on any atom is -0.293 e. The number of nitriles is 1. The maximum atomic E-state index is 12.5. The van der Waals surface area contributed by atoms with Crippen LogP contribution >= 0.6 is 0 Å². The lowest BCUT2D eigenvalue weighted by Gasteiger charge is -2.44. The molecule has 3 atom stereocenters. The van der Waals surface area contributed by atoms with Crippen molar-refractivity contribution in [1.82, 2.24) is 9.78 Å². The lowest BCUT2D eigenvalue weighted by molar-refractivity contribution is -0.121. The Labute approximate surface area is 154 Å². The molecular formula is C22H23N3O. The third-order valence-corrected chi connectivity index (χ3v) is 6.27. The van der Waals surface area contributed by atoms with Crippen molar-refractivity contribution < 1.29 is 4.79 Å². The normalized spacial score (nSPS) is 27.3. The monoisotopic (exact) mass is 345 g/mol. The first-order valence-electron chi connectivity index (χ1n) is 9.17. The van der Waals surface area contributed by atoms with Gasteiger partial charge in [0.25, 0.3) is 0 Å². The smallest absolute Gasteiger partial charge is 0.176 e. The number of hydrogen-bond acceptors (Lipinski definition) is 3. The van der Waals surface area contributed by atoms with E-state index in [4.69, 9.17) is 5.10 Å². The van der Waals surface area contributed by atoms with Gasteiger partial charge >= 0.3 is 0 Å². The van der Waals surface area contributed by atoms with Crippen molar-refractivity contribution in [2.75, 3.05) is 0 Å². The molecule has 1 heterocycles. The number of carbonyl (C=O) groups excluding carboxylic acids is 1. The number of rotatable bonds is 1. The number of aryl methyl sites for hydroxylation is 2. The summed E-state index contributed by atoms with van der Waals surface area (Å²) in [7, 11) is 1.99. The van der Waals surface area contributed by atoms with Crippen molar-refractivity contribution in [1.29, 1.82) is 5.26 Å². The fourth-order valence-corrected chi connectivity index (χ4v) is 5.00. The second-order valence-corrected chi connectivity index (χ2v) is 7.92. The van der Waals surface area contributed by atoms with Gasteiger partial charge in [0.15, 0.2) is 5.78 Å². The third-order valence-electron chi connectivity index (χ3n) is 6.27. The molecule has 3 unspecified atom stereocenters. The highest BCUT2D eigenvalue weighted by Crippen LogP contribution is 2.50. The van der Waals surface area contributed by atoms with Gasteiger partial charge in [-0.05, 0) is 31.7 Å². The van der Waals surface area contributed by atoms with Gasteiger partial charge in [0.05, 0.1) is 17.0 Å². The third kappa shape index (κ3) is 2.20. The molecule has 0 saturated heterocycles. The molecule has 0 fully saturated rings. The van der Waals surface area contributed by atoms with Gasteiger partial charge in [0.2, 0.25) is 0 Å². The Morgan fingerprint density at radius 2 is 2.15 bits per heavy atom. The molecule has 0 aliphatic heterocycles. The molecule has 4 rings (SSSR count). The topological polar surface area (TPSA) is 58.7 Å². The molecule has 26 heavy (non-hydrogen) atoms.